The highest BCUT2D eigenvalue weighted by molar-refractivity contribution is 7.12. The third kappa shape index (κ3) is 2.07. The van der Waals surface area contributed by atoms with E-state index >= 15 is 0 Å². The second kappa shape index (κ2) is 3.87. The van der Waals surface area contributed by atoms with E-state index in [2.05, 4.69) is 39.0 Å². The van der Waals surface area contributed by atoms with Gasteiger partial charge in [-0.3, -0.25) is 0 Å². The van der Waals surface area contributed by atoms with E-state index in [1.165, 1.54) is 25.1 Å². The molecular formula is C12H14S2. The van der Waals surface area contributed by atoms with Gasteiger partial charge >= 0.3 is 0 Å². The number of hydrogen-bond donors (Lipinski definition) is 0. The summed E-state index contributed by atoms with van der Waals surface area (Å²) in [6.07, 6.45) is 1.11. The molecule has 0 fully saturated rings. The quantitative estimate of drug-likeness (QED) is 0.709. The zero-order valence-electron chi connectivity index (χ0n) is 8.76. The van der Waals surface area contributed by atoms with E-state index in [0.717, 1.165) is 6.42 Å². The van der Waals surface area contributed by atoms with Crippen LogP contribution >= 0.6 is 22.7 Å². The van der Waals surface area contributed by atoms with Gasteiger partial charge in [-0.2, -0.15) is 0 Å². The summed E-state index contributed by atoms with van der Waals surface area (Å²) in [5, 5.41) is 0. The van der Waals surface area contributed by atoms with Crippen LogP contribution in [0, 0.1) is 20.8 Å². The first-order valence-corrected chi connectivity index (χ1v) is 6.39. The van der Waals surface area contributed by atoms with Crippen molar-refractivity contribution in [3.8, 4) is 0 Å². The zero-order valence-corrected chi connectivity index (χ0v) is 10.4. The number of hydrogen-bond acceptors (Lipinski definition) is 2. The Hall–Kier alpha value is -0.600. The fourth-order valence-corrected chi connectivity index (χ4v) is 3.49. The lowest BCUT2D eigenvalue weighted by Crippen LogP contribution is -1.82. The maximum atomic E-state index is 2.31. The third-order valence-corrected chi connectivity index (χ3v) is 4.31. The van der Waals surface area contributed by atoms with Crippen LogP contribution in [0.1, 0.15) is 25.1 Å². The molecule has 0 aliphatic heterocycles. The van der Waals surface area contributed by atoms with Gasteiger partial charge in [0, 0.05) is 25.9 Å². The van der Waals surface area contributed by atoms with Crippen molar-refractivity contribution in [2.24, 2.45) is 0 Å². The molecule has 2 heterocycles. The molecule has 14 heavy (non-hydrogen) atoms. The van der Waals surface area contributed by atoms with E-state index in [4.69, 9.17) is 0 Å². The summed E-state index contributed by atoms with van der Waals surface area (Å²) in [4.78, 5) is 5.77. The summed E-state index contributed by atoms with van der Waals surface area (Å²) in [7, 11) is 0. The van der Waals surface area contributed by atoms with Crippen LogP contribution in [0.3, 0.4) is 0 Å². The molecule has 0 saturated heterocycles. The fraction of sp³-hybridized carbons (Fsp3) is 0.333. The zero-order chi connectivity index (χ0) is 10.1. The van der Waals surface area contributed by atoms with Crippen molar-refractivity contribution in [1.29, 1.82) is 0 Å². The maximum Gasteiger partial charge on any atom is 0.00922 e. The summed E-state index contributed by atoms with van der Waals surface area (Å²) in [6, 6.07) is 6.76. The molecule has 0 N–H and O–H groups in total. The average molecular weight is 222 g/mol. The molecule has 2 heteroatoms. The lowest BCUT2D eigenvalue weighted by molar-refractivity contribution is 1.23. The molecule has 2 aromatic heterocycles. The van der Waals surface area contributed by atoms with Crippen molar-refractivity contribution in [2.45, 2.75) is 27.2 Å². The maximum absolute atomic E-state index is 2.31. The Labute approximate surface area is 93.2 Å². The summed E-state index contributed by atoms with van der Waals surface area (Å²) < 4.78 is 0. The van der Waals surface area contributed by atoms with Crippen LogP contribution in [-0.2, 0) is 6.42 Å². The predicted octanol–water partition coefficient (Wildman–Crippen LogP) is 4.33. The lowest BCUT2D eigenvalue weighted by atomic mass is 10.1. The van der Waals surface area contributed by atoms with Gasteiger partial charge in [-0.05, 0) is 44.5 Å². The molecule has 0 spiro atoms. The van der Waals surface area contributed by atoms with Gasteiger partial charge in [0.15, 0.2) is 0 Å². The van der Waals surface area contributed by atoms with Crippen molar-refractivity contribution in [3.05, 3.63) is 43.3 Å². The molecule has 0 aliphatic rings. The molecule has 0 radical (unpaired) electrons. The van der Waals surface area contributed by atoms with E-state index in [1.807, 2.05) is 22.7 Å². The first-order valence-electron chi connectivity index (χ1n) is 4.76. The van der Waals surface area contributed by atoms with Gasteiger partial charge in [-0.25, -0.2) is 0 Å². The molecule has 0 unspecified atom stereocenters. The Morgan fingerprint density at radius 3 is 2.29 bits per heavy atom. The minimum atomic E-state index is 1.11. The molecule has 0 atom stereocenters. The molecular weight excluding hydrogens is 208 g/mol. The van der Waals surface area contributed by atoms with Crippen LogP contribution in [0.5, 0.6) is 0 Å². The topological polar surface area (TPSA) is 0 Å². The Bertz CT molecular complexity index is 435. The third-order valence-electron chi connectivity index (χ3n) is 2.30. The molecule has 0 bridgehead atoms. The number of thiophene rings is 2. The van der Waals surface area contributed by atoms with Crippen molar-refractivity contribution in [1.82, 2.24) is 0 Å². The monoisotopic (exact) mass is 222 g/mol. The van der Waals surface area contributed by atoms with E-state index in [9.17, 15) is 0 Å². The summed E-state index contributed by atoms with van der Waals surface area (Å²) >= 11 is 3.81. The van der Waals surface area contributed by atoms with E-state index in [-0.39, 0.29) is 0 Å². The van der Waals surface area contributed by atoms with Crippen LogP contribution in [0.25, 0.3) is 0 Å². The summed E-state index contributed by atoms with van der Waals surface area (Å²) in [6.45, 7) is 6.56. The van der Waals surface area contributed by atoms with Gasteiger partial charge in [0.25, 0.3) is 0 Å². The smallest absolute Gasteiger partial charge is 0.00922 e. The van der Waals surface area contributed by atoms with E-state index < -0.39 is 0 Å². The standard InChI is InChI=1S/C12H14S2/c1-8-4-5-12(14-8)7-11-6-9(2)13-10(11)3/h4-6H,7H2,1-3H3. The second-order valence-electron chi connectivity index (χ2n) is 3.63. The van der Waals surface area contributed by atoms with Gasteiger partial charge in [0.2, 0.25) is 0 Å². The number of rotatable bonds is 2. The first kappa shape index (κ1) is 9.94. The first-order chi connectivity index (χ1) is 6.65. The van der Waals surface area contributed by atoms with E-state index in [1.54, 1.807) is 0 Å². The average Bonchev–Trinajstić information content (AvgIpc) is 2.61. The van der Waals surface area contributed by atoms with Gasteiger partial charge < -0.3 is 0 Å². The Kier molecular flexibility index (Phi) is 2.75. The molecule has 0 saturated carbocycles. The predicted molar refractivity (Wildman–Crippen MR) is 65.7 cm³/mol. The van der Waals surface area contributed by atoms with Crippen molar-refractivity contribution in [2.75, 3.05) is 0 Å². The Morgan fingerprint density at radius 2 is 1.79 bits per heavy atom. The Morgan fingerprint density at radius 1 is 1.00 bits per heavy atom. The molecule has 2 rings (SSSR count). The largest absolute Gasteiger partial charge is 0.146 e. The van der Waals surface area contributed by atoms with Crippen molar-refractivity contribution < 1.29 is 0 Å². The molecule has 0 amide bonds. The fourth-order valence-electron chi connectivity index (χ4n) is 1.63. The van der Waals surface area contributed by atoms with Gasteiger partial charge in [0.1, 0.15) is 0 Å². The molecule has 74 valence electrons. The summed E-state index contributed by atoms with van der Waals surface area (Å²) in [5.74, 6) is 0. The van der Waals surface area contributed by atoms with Crippen LogP contribution in [0.15, 0.2) is 18.2 Å². The normalized spacial score (nSPS) is 10.8. The van der Waals surface area contributed by atoms with Crippen LogP contribution in [0.2, 0.25) is 0 Å². The summed E-state index contributed by atoms with van der Waals surface area (Å²) in [5.41, 5.74) is 1.49. The molecule has 0 nitrogen and oxygen atoms in total. The molecule has 0 aliphatic carbocycles. The SMILES string of the molecule is Cc1ccc(Cc2cc(C)sc2C)s1. The van der Waals surface area contributed by atoms with Crippen LogP contribution in [-0.4, -0.2) is 0 Å². The minimum Gasteiger partial charge on any atom is -0.146 e. The highest BCUT2D eigenvalue weighted by Crippen LogP contribution is 2.25. The van der Waals surface area contributed by atoms with Crippen LogP contribution < -0.4 is 0 Å². The molecule has 2 aromatic rings. The lowest BCUT2D eigenvalue weighted by Gasteiger charge is -1.95. The number of aryl methyl sites for hydroxylation is 3. The molecule has 0 aromatic carbocycles. The highest BCUT2D eigenvalue weighted by Gasteiger charge is 2.05. The van der Waals surface area contributed by atoms with Crippen molar-refractivity contribution >= 4 is 22.7 Å². The van der Waals surface area contributed by atoms with E-state index in [0.29, 0.717) is 0 Å². The minimum absolute atomic E-state index is 1.11. The van der Waals surface area contributed by atoms with Crippen LogP contribution in [0.4, 0.5) is 0 Å². The van der Waals surface area contributed by atoms with Gasteiger partial charge in [-0.1, -0.05) is 0 Å². The van der Waals surface area contributed by atoms with Crippen molar-refractivity contribution in [3.63, 3.8) is 0 Å². The highest BCUT2D eigenvalue weighted by atomic mass is 32.1. The second-order valence-corrected chi connectivity index (χ2v) is 6.46. The van der Waals surface area contributed by atoms with Gasteiger partial charge in [-0.15, -0.1) is 22.7 Å². The Balaban J connectivity index is 2.22. The van der Waals surface area contributed by atoms with Gasteiger partial charge in [0.05, 0.1) is 0 Å².